The van der Waals surface area contributed by atoms with Crippen LogP contribution in [0.15, 0.2) is 0 Å². The van der Waals surface area contributed by atoms with Gasteiger partial charge in [0.25, 0.3) is 0 Å². The molecule has 0 spiro atoms. The van der Waals surface area contributed by atoms with Gasteiger partial charge in [0.05, 0.1) is 12.7 Å². The molecule has 2 heterocycles. The molecule has 13 heavy (non-hydrogen) atoms. The molecule has 0 aromatic carbocycles. The van der Waals surface area contributed by atoms with E-state index >= 15 is 0 Å². The quantitative estimate of drug-likeness (QED) is 0.594. The highest BCUT2D eigenvalue weighted by Crippen LogP contribution is 2.24. The van der Waals surface area contributed by atoms with Crippen LogP contribution in [0.25, 0.3) is 0 Å². The lowest BCUT2D eigenvalue weighted by Crippen LogP contribution is -2.50. The van der Waals surface area contributed by atoms with Gasteiger partial charge in [-0.2, -0.15) is 0 Å². The molecular weight excluding hydrogens is 174 g/mol. The van der Waals surface area contributed by atoms with Gasteiger partial charge in [-0.15, -0.1) is 0 Å². The summed E-state index contributed by atoms with van der Waals surface area (Å²) in [6.45, 7) is 0.820. The Morgan fingerprint density at radius 2 is 2.15 bits per heavy atom. The van der Waals surface area contributed by atoms with Gasteiger partial charge in [0.1, 0.15) is 19.0 Å². The Morgan fingerprint density at radius 3 is 2.92 bits per heavy atom. The van der Waals surface area contributed by atoms with Gasteiger partial charge in [0, 0.05) is 0 Å². The van der Waals surface area contributed by atoms with Crippen LogP contribution >= 0.6 is 0 Å². The number of primary amides is 1. The van der Waals surface area contributed by atoms with E-state index in [0.717, 1.165) is 6.42 Å². The second kappa shape index (κ2) is 3.61. The zero-order valence-corrected chi connectivity index (χ0v) is 7.27. The average Bonchev–Trinajstić information content (AvgIpc) is 2.17. The molecule has 5 heteroatoms. The number of carbonyl (C=O) groups is 1. The number of ether oxygens (including phenoxy) is 3. The third-order valence-corrected chi connectivity index (χ3v) is 2.43. The lowest BCUT2D eigenvalue weighted by atomic mass is 10.0. The minimum absolute atomic E-state index is 0.0735. The minimum Gasteiger partial charge on any atom is -0.367 e. The topological polar surface area (TPSA) is 70.8 Å². The number of nitrogens with two attached hydrogens (primary N) is 1. The highest BCUT2D eigenvalue weighted by atomic mass is 16.7. The molecule has 3 atom stereocenters. The third-order valence-electron chi connectivity index (χ3n) is 2.43. The van der Waals surface area contributed by atoms with Crippen molar-refractivity contribution in [3.05, 3.63) is 0 Å². The van der Waals surface area contributed by atoms with Gasteiger partial charge in [-0.1, -0.05) is 0 Å². The largest absolute Gasteiger partial charge is 0.367 e. The average molecular weight is 187 g/mol. The predicted octanol–water partition coefficient (Wildman–Crippen LogP) is -0.608. The van der Waals surface area contributed by atoms with Crippen molar-refractivity contribution >= 4 is 5.91 Å². The van der Waals surface area contributed by atoms with Crippen LogP contribution in [0, 0.1) is 0 Å². The van der Waals surface area contributed by atoms with Crippen molar-refractivity contribution in [2.45, 2.75) is 31.2 Å². The molecular formula is C8H13NO4. The maximum atomic E-state index is 10.8. The first kappa shape index (κ1) is 8.93. The Morgan fingerprint density at radius 1 is 1.31 bits per heavy atom. The number of carbonyl (C=O) groups excluding carboxylic acids is 1. The van der Waals surface area contributed by atoms with Crippen LogP contribution < -0.4 is 5.73 Å². The number of rotatable bonds is 1. The van der Waals surface area contributed by atoms with Crippen molar-refractivity contribution in [3.8, 4) is 0 Å². The Balaban J connectivity index is 1.95. The van der Waals surface area contributed by atoms with Crippen molar-refractivity contribution in [2.24, 2.45) is 5.73 Å². The van der Waals surface area contributed by atoms with Gasteiger partial charge in [0.2, 0.25) is 5.91 Å². The van der Waals surface area contributed by atoms with E-state index in [4.69, 9.17) is 19.9 Å². The molecule has 2 N–H and O–H groups in total. The van der Waals surface area contributed by atoms with E-state index in [-0.39, 0.29) is 12.2 Å². The van der Waals surface area contributed by atoms with E-state index in [1.54, 1.807) is 0 Å². The maximum Gasteiger partial charge on any atom is 0.246 e. The normalized spacial score (nSPS) is 39.5. The Bertz CT molecular complexity index is 208. The summed E-state index contributed by atoms with van der Waals surface area (Å²) in [6, 6.07) is 0. The van der Waals surface area contributed by atoms with E-state index in [1.807, 2.05) is 0 Å². The van der Waals surface area contributed by atoms with E-state index in [0.29, 0.717) is 19.8 Å². The summed E-state index contributed by atoms with van der Waals surface area (Å²) in [5.74, 6) is -0.399. The monoisotopic (exact) mass is 187 g/mol. The van der Waals surface area contributed by atoms with Crippen LogP contribution in [-0.2, 0) is 19.0 Å². The Labute approximate surface area is 76.1 Å². The maximum absolute atomic E-state index is 10.8. The molecule has 3 unspecified atom stereocenters. The molecule has 0 aliphatic carbocycles. The molecule has 0 bridgehead atoms. The smallest absolute Gasteiger partial charge is 0.246 e. The van der Waals surface area contributed by atoms with E-state index in [1.165, 1.54) is 0 Å². The standard InChI is InChI=1S/C8H13NO4/c9-8(10)6-2-1-5-7(13-6)3-11-4-12-5/h5-7H,1-4H2,(H2,9,10). The molecule has 2 aliphatic rings. The van der Waals surface area contributed by atoms with Crippen LogP contribution in [0.3, 0.4) is 0 Å². The molecule has 0 radical (unpaired) electrons. The fourth-order valence-electron chi connectivity index (χ4n) is 1.71. The van der Waals surface area contributed by atoms with Gasteiger partial charge in [-0.05, 0) is 12.8 Å². The number of hydrogen-bond acceptors (Lipinski definition) is 4. The zero-order chi connectivity index (χ0) is 9.26. The van der Waals surface area contributed by atoms with Crippen LogP contribution in [0.5, 0.6) is 0 Å². The van der Waals surface area contributed by atoms with E-state index in [2.05, 4.69) is 0 Å². The lowest BCUT2D eigenvalue weighted by Gasteiger charge is -2.37. The summed E-state index contributed by atoms with van der Waals surface area (Å²) < 4.78 is 15.8. The van der Waals surface area contributed by atoms with Crippen molar-refractivity contribution in [2.75, 3.05) is 13.4 Å². The summed E-state index contributed by atoms with van der Waals surface area (Å²) in [7, 11) is 0. The fraction of sp³-hybridized carbons (Fsp3) is 0.875. The van der Waals surface area contributed by atoms with Gasteiger partial charge in [-0.25, -0.2) is 0 Å². The number of hydrogen-bond donors (Lipinski definition) is 1. The van der Waals surface area contributed by atoms with Crippen molar-refractivity contribution in [3.63, 3.8) is 0 Å². The summed E-state index contributed by atoms with van der Waals surface area (Å²) in [6.07, 6.45) is 0.953. The fourth-order valence-corrected chi connectivity index (χ4v) is 1.71. The highest BCUT2D eigenvalue weighted by molar-refractivity contribution is 5.78. The highest BCUT2D eigenvalue weighted by Gasteiger charge is 2.36. The molecule has 2 rings (SSSR count). The van der Waals surface area contributed by atoms with Crippen LogP contribution in [0.4, 0.5) is 0 Å². The third kappa shape index (κ3) is 1.82. The Kier molecular flexibility index (Phi) is 2.48. The van der Waals surface area contributed by atoms with Gasteiger partial charge >= 0.3 is 0 Å². The first-order valence-electron chi connectivity index (χ1n) is 4.41. The van der Waals surface area contributed by atoms with Gasteiger partial charge in [-0.3, -0.25) is 4.79 Å². The molecule has 1 amide bonds. The first-order chi connectivity index (χ1) is 6.27. The molecule has 5 nitrogen and oxygen atoms in total. The predicted molar refractivity (Wildman–Crippen MR) is 42.8 cm³/mol. The number of fused-ring (bicyclic) bond motifs is 1. The molecule has 0 saturated carbocycles. The number of amides is 1. The summed E-state index contributed by atoms with van der Waals surface area (Å²) in [4.78, 5) is 10.8. The van der Waals surface area contributed by atoms with Crippen molar-refractivity contribution in [1.82, 2.24) is 0 Å². The minimum atomic E-state index is -0.466. The lowest BCUT2D eigenvalue weighted by molar-refractivity contribution is -0.237. The SMILES string of the molecule is NC(=O)C1CCC2OCOCC2O1. The summed E-state index contributed by atoms with van der Waals surface area (Å²) in [5.41, 5.74) is 5.14. The van der Waals surface area contributed by atoms with Crippen LogP contribution in [-0.4, -0.2) is 37.6 Å². The summed E-state index contributed by atoms with van der Waals surface area (Å²) >= 11 is 0. The summed E-state index contributed by atoms with van der Waals surface area (Å²) in [5, 5.41) is 0. The van der Waals surface area contributed by atoms with Crippen LogP contribution in [0.2, 0.25) is 0 Å². The Hall–Kier alpha value is -0.650. The van der Waals surface area contributed by atoms with Gasteiger partial charge in [0.15, 0.2) is 0 Å². The van der Waals surface area contributed by atoms with E-state index in [9.17, 15) is 4.79 Å². The molecule has 74 valence electrons. The first-order valence-corrected chi connectivity index (χ1v) is 4.41. The molecule has 0 aromatic heterocycles. The molecule has 2 saturated heterocycles. The molecule has 2 aliphatic heterocycles. The zero-order valence-electron chi connectivity index (χ0n) is 7.27. The van der Waals surface area contributed by atoms with Gasteiger partial charge < -0.3 is 19.9 Å². The molecule has 0 aromatic rings. The second-order valence-electron chi connectivity index (χ2n) is 3.34. The molecule has 2 fully saturated rings. The van der Waals surface area contributed by atoms with E-state index < -0.39 is 12.0 Å². The van der Waals surface area contributed by atoms with Crippen LogP contribution in [0.1, 0.15) is 12.8 Å². The second-order valence-corrected chi connectivity index (χ2v) is 3.34. The van der Waals surface area contributed by atoms with Crippen molar-refractivity contribution < 1.29 is 19.0 Å². The van der Waals surface area contributed by atoms with Crippen molar-refractivity contribution in [1.29, 1.82) is 0 Å².